The van der Waals surface area contributed by atoms with Crippen LogP contribution >= 0.6 is 0 Å². The summed E-state index contributed by atoms with van der Waals surface area (Å²) >= 11 is 0. The third-order valence-corrected chi connectivity index (χ3v) is 5.69. The smallest absolute Gasteiger partial charge is 0.256 e. The summed E-state index contributed by atoms with van der Waals surface area (Å²) in [6.45, 7) is 8.62. The van der Waals surface area contributed by atoms with Gasteiger partial charge >= 0.3 is 0 Å². The topological polar surface area (TPSA) is 83.6 Å². The van der Waals surface area contributed by atoms with Gasteiger partial charge in [0.25, 0.3) is 5.91 Å². The Hall–Kier alpha value is -3.09. The van der Waals surface area contributed by atoms with Crippen LogP contribution in [0, 0.1) is 0 Å². The quantitative estimate of drug-likeness (QED) is 0.373. The zero-order chi connectivity index (χ0) is 23.1. The highest BCUT2D eigenvalue weighted by atomic mass is 16.1. The van der Waals surface area contributed by atoms with Gasteiger partial charge in [-0.15, -0.1) is 0 Å². The molecular formula is C26H33N5O. The molecule has 0 aliphatic carbocycles. The molecule has 0 spiro atoms. The molecule has 2 aromatic rings. The monoisotopic (exact) mass is 431 g/mol. The van der Waals surface area contributed by atoms with E-state index in [9.17, 15) is 4.79 Å². The van der Waals surface area contributed by atoms with Crippen LogP contribution in [0.3, 0.4) is 0 Å². The fraction of sp³-hybridized carbons (Fsp3) is 0.346. The van der Waals surface area contributed by atoms with Crippen LogP contribution in [0.5, 0.6) is 0 Å². The van der Waals surface area contributed by atoms with E-state index in [1.165, 1.54) is 5.57 Å². The lowest BCUT2D eigenvalue weighted by atomic mass is 9.98. The molecule has 1 aromatic carbocycles. The molecule has 1 aliphatic heterocycles. The van der Waals surface area contributed by atoms with Gasteiger partial charge in [0.15, 0.2) is 0 Å². The van der Waals surface area contributed by atoms with Crippen molar-refractivity contribution in [3.05, 3.63) is 65.4 Å². The largest absolute Gasteiger partial charge is 0.325 e. The average molecular weight is 432 g/mol. The molecular weight excluding hydrogens is 398 g/mol. The van der Waals surface area contributed by atoms with Gasteiger partial charge in [-0.3, -0.25) is 14.7 Å². The molecule has 1 fully saturated rings. The van der Waals surface area contributed by atoms with Crippen molar-refractivity contribution >= 4 is 34.3 Å². The summed E-state index contributed by atoms with van der Waals surface area (Å²) in [5, 5.41) is 4.98. The van der Waals surface area contributed by atoms with Crippen molar-refractivity contribution in [2.45, 2.75) is 33.2 Å². The highest BCUT2D eigenvalue weighted by molar-refractivity contribution is 6.12. The third kappa shape index (κ3) is 5.78. The van der Waals surface area contributed by atoms with Crippen LogP contribution in [-0.4, -0.2) is 54.7 Å². The lowest BCUT2D eigenvalue weighted by Gasteiger charge is -2.36. The van der Waals surface area contributed by atoms with Gasteiger partial charge in [-0.05, 0) is 48.9 Å². The molecule has 3 N–H and O–H groups in total. The number of rotatable bonds is 8. The minimum absolute atomic E-state index is 0.170. The molecule has 32 heavy (non-hydrogen) atoms. The molecule has 0 unspecified atom stereocenters. The number of nitrogens with one attached hydrogen (secondary N) is 1. The average Bonchev–Trinajstić information content (AvgIpc) is 2.77. The number of benzene rings is 1. The van der Waals surface area contributed by atoms with E-state index in [2.05, 4.69) is 52.2 Å². The number of amides is 1. The van der Waals surface area contributed by atoms with Crippen molar-refractivity contribution in [1.29, 1.82) is 0 Å². The van der Waals surface area contributed by atoms with Gasteiger partial charge in [-0.25, -0.2) is 4.98 Å². The number of aliphatic imine (C=N–C) groups is 1. The number of carbonyl (C=O) groups is 1. The fourth-order valence-corrected chi connectivity index (χ4v) is 3.72. The van der Waals surface area contributed by atoms with Crippen molar-refractivity contribution in [1.82, 2.24) is 9.88 Å². The molecule has 6 heteroatoms. The van der Waals surface area contributed by atoms with Crippen molar-refractivity contribution in [2.75, 3.05) is 32.0 Å². The number of pyridine rings is 1. The molecule has 6 nitrogen and oxygen atoms in total. The first-order chi connectivity index (χ1) is 15.4. The molecule has 0 radical (unpaired) electrons. The minimum atomic E-state index is -0.170. The van der Waals surface area contributed by atoms with E-state index in [1.54, 1.807) is 13.2 Å². The molecule has 2 heterocycles. The first-order valence-corrected chi connectivity index (χ1v) is 11.1. The van der Waals surface area contributed by atoms with Gasteiger partial charge in [0.05, 0.1) is 0 Å². The van der Waals surface area contributed by atoms with E-state index in [0.717, 1.165) is 41.4 Å². The summed E-state index contributed by atoms with van der Waals surface area (Å²) in [7, 11) is 1.79. The highest BCUT2D eigenvalue weighted by Crippen LogP contribution is 2.25. The van der Waals surface area contributed by atoms with Gasteiger partial charge in [0.2, 0.25) is 0 Å². The zero-order valence-electron chi connectivity index (χ0n) is 19.4. The molecule has 0 atom stereocenters. The standard InChI is InChI=1S/C26H33N5O/c1-5-7-19(10-11-31-16-23(27)17-31)26(32)30-25-13-22-12-20(8-9-21(22)14-29-25)24(15-28-4)18(3)6-2/h5,7-10,12-15,23H,6,11,16-17,27H2,1-4H3,(H,29,30,32)/b7-5-,19-10+,24-18-,28-15?. The second-order valence-electron chi connectivity index (χ2n) is 8.16. The maximum atomic E-state index is 12.9. The van der Waals surface area contributed by atoms with E-state index < -0.39 is 0 Å². The summed E-state index contributed by atoms with van der Waals surface area (Å²) in [4.78, 5) is 23.7. The van der Waals surface area contributed by atoms with Gasteiger partial charge < -0.3 is 11.1 Å². The van der Waals surface area contributed by atoms with E-state index >= 15 is 0 Å². The molecule has 3 rings (SSSR count). The van der Waals surface area contributed by atoms with E-state index in [0.29, 0.717) is 17.9 Å². The van der Waals surface area contributed by atoms with Crippen LogP contribution in [-0.2, 0) is 4.79 Å². The maximum Gasteiger partial charge on any atom is 0.256 e. The fourth-order valence-electron chi connectivity index (χ4n) is 3.72. The van der Waals surface area contributed by atoms with Gasteiger partial charge in [0, 0.05) is 56.1 Å². The van der Waals surface area contributed by atoms with Gasteiger partial charge in [-0.2, -0.15) is 0 Å². The number of nitrogens with zero attached hydrogens (tertiary/aromatic N) is 3. The van der Waals surface area contributed by atoms with Crippen molar-refractivity contribution < 1.29 is 4.79 Å². The Morgan fingerprint density at radius 3 is 2.75 bits per heavy atom. The van der Waals surface area contributed by atoms with Crippen molar-refractivity contribution in [2.24, 2.45) is 10.7 Å². The van der Waals surface area contributed by atoms with Crippen LogP contribution in [0.2, 0.25) is 0 Å². The minimum Gasteiger partial charge on any atom is -0.325 e. The Labute approximate surface area is 190 Å². The van der Waals surface area contributed by atoms with E-state index in [4.69, 9.17) is 5.73 Å². The molecule has 1 saturated heterocycles. The van der Waals surface area contributed by atoms with Crippen LogP contribution in [0.15, 0.2) is 64.8 Å². The molecule has 1 aromatic heterocycles. The lowest BCUT2D eigenvalue weighted by molar-refractivity contribution is -0.112. The summed E-state index contributed by atoms with van der Waals surface area (Å²) in [5.41, 5.74) is 9.97. The number of aromatic nitrogens is 1. The summed E-state index contributed by atoms with van der Waals surface area (Å²) in [5.74, 6) is 0.361. The van der Waals surface area contributed by atoms with Crippen LogP contribution in [0.4, 0.5) is 5.82 Å². The van der Waals surface area contributed by atoms with E-state index in [1.807, 2.05) is 37.4 Å². The second-order valence-corrected chi connectivity index (χ2v) is 8.16. The molecule has 0 bridgehead atoms. The number of hydrogen-bond donors (Lipinski definition) is 2. The molecule has 0 saturated carbocycles. The Balaban J connectivity index is 1.83. The van der Waals surface area contributed by atoms with Crippen molar-refractivity contribution in [3.8, 4) is 0 Å². The number of nitrogens with two attached hydrogens (primary N) is 1. The van der Waals surface area contributed by atoms with Gasteiger partial charge in [-0.1, -0.05) is 42.9 Å². The Bertz CT molecular complexity index is 1090. The Kier molecular flexibility index (Phi) is 8.09. The SMILES string of the molecule is C/C=C\C(=C/CN1CC(N)C1)C(=O)Nc1cc2cc(/C(C=NC)=C(/C)CC)ccc2cn1. The highest BCUT2D eigenvalue weighted by Gasteiger charge is 2.21. The molecule has 168 valence electrons. The normalized spacial score (nSPS) is 16.6. The second kappa shape index (κ2) is 11.0. The predicted octanol–water partition coefficient (Wildman–Crippen LogP) is 4.20. The number of hydrogen-bond acceptors (Lipinski definition) is 5. The lowest BCUT2D eigenvalue weighted by Crippen LogP contribution is -2.55. The first-order valence-electron chi connectivity index (χ1n) is 11.1. The number of fused-ring (bicyclic) bond motifs is 1. The van der Waals surface area contributed by atoms with Gasteiger partial charge in [0.1, 0.15) is 5.82 Å². The summed E-state index contributed by atoms with van der Waals surface area (Å²) < 4.78 is 0. The predicted molar refractivity (Wildman–Crippen MR) is 135 cm³/mol. The zero-order valence-corrected chi connectivity index (χ0v) is 19.4. The number of carbonyl (C=O) groups excluding carboxylic acids is 1. The van der Waals surface area contributed by atoms with Crippen LogP contribution in [0.25, 0.3) is 16.3 Å². The third-order valence-electron chi connectivity index (χ3n) is 5.69. The maximum absolute atomic E-state index is 12.9. The van der Waals surface area contributed by atoms with Crippen molar-refractivity contribution in [3.63, 3.8) is 0 Å². The molecule has 1 amide bonds. The Morgan fingerprint density at radius 2 is 2.09 bits per heavy atom. The van der Waals surface area contributed by atoms with Crippen LogP contribution in [0.1, 0.15) is 32.8 Å². The summed E-state index contributed by atoms with van der Waals surface area (Å²) in [6, 6.07) is 8.43. The molecule has 1 aliphatic rings. The van der Waals surface area contributed by atoms with E-state index in [-0.39, 0.29) is 11.9 Å². The number of likely N-dealkylation sites (tertiary alicyclic amines) is 1. The Morgan fingerprint density at radius 1 is 1.31 bits per heavy atom. The number of allylic oxidation sites excluding steroid dienone is 3. The first kappa shape index (κ1) is 23.6. The summed E-state index contributed by atoms with van der Waals surface area (Å²) in [6.07, 6.45) is 10.3. The van der Waals surface area contributed by atoms with Crippen LogP contribution < -0.4 is 11.1 Å². The number of anilines is 1.